The highest BCUT2D eigenvalue weighted by Gasteiger charge is 2.21. The molecule has 0 saturated carbocycles. The summed E-state index contributed by atoms with van der Waals surface area (Å²) in [6.45, 7) is 8.93. The molecule has 0 radical (unpaired) electrons. The summed E-state index contributed by atoms with van der Waals surface area (Å²) in [7, 11) is 0. The van der Waals surface area contributed by atoms with Crippen LogP contribution in [0.15, 0.2) is 60.8 Å². The van der Waals surface area contributed by atoms with Gasteiger partial charge in [-0.25, -0.2) is 9.80 Å². The van der Waals surface area contributed by atoms with Crippen molar-refractivity contribution in [3.8, 4) is 5.75 Å². The number of para-hydroxylation sites is 1. The largest absolute Gasteiger partial charge is 0.508 e. The van der Waals surface area contributed by atoms with E-state index in [-0.39, 0.29) is 11.8 Å². The highest BCUT2D eigenvalue weighted by atomic mass is 16.6. The number of aromatic nitrogens is 1. The van der Waals surface area contributed by atoms with Crippen LogP contribution < -0.4 is 5.43 Å². The van der Waals surface area contributed by atoms with E-state index in [1.165, 1.54) is 39.9 Å². The number of phenols is 1. The fourth-order valence-corrected chi connectivity index (χ4v) is 3.27. The highest BCUT2D eigenvalue weighted by molar-refractivity contribution is 6.01. The van der Waals surface area contributed by atoms with Crippen LogP contribution in [-0.2, 0) is 9.53 Å². The number of fused-ring (bicyclic) bond motifs is 1. The number of amides is 2. The van der Waals surface area contributed by atoms with Crippen LogP contribution in [0.3, 0.4) is 0 Å². The lowest BCUT2D eigenvalue weighted by molar-refractivity contribution is -0.130. The van der Waals surface area contributed by atoms with Crippen LogP contribution in [0.5, 0.6) is 5.75 Å². The number of nitrogens with one attached hydrogen (secondary N) is 1. The molecule has 0 bridgehead atoms. The molecular weight excluding hydrogens is 434 g/mol. The molecule has 1 aromatic heterocycles. The van der Waals surface area contributed by atoms with Crippen LogP contribution in [0, 0.1) is 0 Å². The van der Waals surface area contributed by atoms with Gasteiger partial charge in [0, 0.05) is 34.8 Å². The van der Waals surface area contributed by atoms with E-state index < -0.39 is 23.5 Å². The number of nitrogens with zero attached hydrogens (tertiary/aromatic N) is 2. The summed E-state index contributed by atoms with van der Waals surface area (Å²) in [6.07, 6.45) is 4.06. The van der Waals surface area contributed by atoms with Gasteiger partial charge in [-0.3, -0.25) is 19.6 Å². The van der Waals surface area contributed by atoms with Gasteiger partial charge < -0.3 is 9.84 Å². The smallest absolute Gasteiger partial charge is 0.419 e. The Morgan fingerprint density at radius 3 is 2.32 bits per heavy atom. The molecular formula is C26H29N3O5. The van der Waals surface area contributed by atoms with E-state index in [0.717, 1.165) is 5.39 Å². The van der Waals surface area contributed by atoms with E-state index in [9.17, 15) is 19.5 Å². The van der Waals surface area contributed by atoms with Crippen molar-refractivity contribution in [2.75, 3.05) is 0 Å². The summed E-state index contributed by atoms with van der Waals surface area (Å²) < 4.78 is 6.91. The Morgan fingerprint density at radius 1 is 1.06 bits per heavy atom. The molecule has 178 valence electrons. The van der Waals surface area contributed by atoms with Crippen LogP contribution in [0.1, 0.15) is 50.5 Å². The molecule has 2 amide bonds. The number of hydrazine groups is 1. The molecule has 0 aliphatic carbocycles. The molecule has 2 N–H and O–H groups in total. The molecule has 0 aliphatic heterocycles. The van der Waals surface area contributed by atoms with E-state index >= 15 is 0 Å². The average molecular weight is 464 g/mol. The fourth-order valence-electron chi connectivity index (χ4n) is 3.27. The Kier molecular flexibility index (Phi) is 7.10. The number of hydrogen-bond donors (Lipinski definition) is 2. The third-order valence-electron chi connectivity index (χ3n) is 4.84. The summed E-state index contributed by atoms with van der Waals surface area (Å²) in [6, 6.07) is 12.7. The maximum atomic E-state index is 12.9. The van der Waals surface area contributed by atoms with Crippen LogP contribution >= 0.6 is 0 Å². The molecule has 0 aliphatic rings. The predicted octanol–water partition coefficient (Wildman–Crippen LogP) is 4.73. The first-order valence-corrected chi connectivity index (χ1v) is 10.9. The van der Waals surface area contributed by atoms with Crippen molar-refractivity contribution >= 4 is 34.9 Å². The first kappa shape index (κ1) is 24.6. The summed E-state index contributed by atoms with van der Waals surface area (Å²) >= 11 is 0. The van der Waals surface area contributed by atoms with Crippen molar-refractivity contribution in [2.45, 2.75) is 46.3 Å². The van der Waals surface area contributed by atoms with Crippen molar-refractivity contribution in [2.24, 2.45) is 0 Å². The van der Waals surface area contributed by atoms with E-state index in [0.29, 0.717) is 16.6 Å². The van der Waals surface area contributed by atoms with E-state index in [1.807, 2.05) is 18.2 Å². The van der Waals surface area contributed by atoms with Crippen molar-refractivity contribution < 1.29 is 24.2 Å². The number of carbonyl (C=O) groups is 3. The van der Waals surface area contributed by atoms with Gasteiger partial charge >= 0.3 is 6.09 Å². The molecule has 3 aromatic rings. The molecule has 0 spiro atoms. The maximum Gasteiger partial charge on any atom is 0.419 e. The lowest BCUT2D eigenvalue weighted by atomic mass is 10.1. The zero-order valence-electron chi connectivity index (χ0n) is 19.9. The number of ether oxygens (including phenoxy) is 1. The van der Waals surface area contributed by atoms with Gasteiger partial charge in [0.05, 0.1) is 5.52 Å². The highest BCUT2D eigenvalue weighted by Crippen LogP contribution is 2.24. The second-order valence-corrected chi connectivity index (χ2v) is 9.08. The monoisotopic (exact) mass is 463 g/mol. The van der Waals surface area contributed by atoms with Gasteiger partial charge in [0.15, 0.2) is 0 Å². The molecule has 2 aromatic carbocycles. The average Bonchev–Trinajstić information content (AvgIpc) is 3.14. The Labute approximate surface area is 198 Å². The number of aromatic hydroxyl groups is 1. The molecule has 8 heteroatoms. The molecule has 3 rings (SSSR count). The molecule has 0 atom stereocenters. The summed E-state index contributed by atoms with van der Waals surface area (Å²) in [5.74, 6) is -0.866. The number of hydrogen-bond acceptors (Lipinski definition) is 5. The molecule has 34 heavy (non-hydrogen) atoms. The normalized spacial score (nSPS) is 11.7. The van der Waals surface area contributed by atoms with Crippen LogP contribution in [0.2, 0.25) is 0 Å². The minimum Gasteiger partial charge on any atom is -0.508 e. The fraction of sp³-hybridized carbons (Fsp3) is 0.269. The summed E-state index contributed by atoms with van der Waals surface area (Å²) in [5, 5.41) is 11.4. The number of rotatable bonds is 4. The van der Waals surface area contributed by atoms with E-state index in [2.05, 4.69) is 5.43 Å². The topological polar surface area (TPSA) is 101 Å². The number of carbonyl (C=O) groups excluding carboxylic acids is 3. The maximum absolute atomic E-state index is 12.9. The first-order chi connectivity index (χ1) is 16.0. The Balaban J connectivity index is 1.84. The standard InChI is InChI=1S/C26H29N3O5/c1-17(2)29(27-24(32)18-10-13-20(30)14-11-18)23(31)15-12-19-16-28(25(33)34-26(3,4)5)22-9-7-6-8-21(19)22/h6-17,30H,1-5H3,(H,27,32). The van der Waals surface area contributed by atoms with Gasteiger partial charge in [0.25, 0.3) is 11.8 Å². The third kappa shape index (κ3) is 5.83. The Morgan fingerprint density at radius 2 is 1.71 bits per heavy atom. The van der Waals surface area contributed by atoms with Crippen molar-refractivity contribution in [1.29, 1.82) is 0 Å². The van der Waals surface area contributed by atoms with Crippen molar-refractivity contribution in [3.63, 3.8) is 0 Å². The van der Waals surface area contributed by atoms with Gasteiger partial charge in [-0.05, 0) is 71.0 Å². The van der Waals surface area contributed by atoms with Gasteiger partial charge in [-0.1, -0.05) is 18.2 Å². The zero-order chi connectivity index (χ0) is 25.0. The Hall–Kier alpha value is -4.07. The van der Waals surface area contributed by atoms with Gasteiger partial charge in [-0.2, -0.15) is 0 Å². The van der Waals surface area contributed by atoms with Crippen LogP contribution in [0.25, 0.3) is 17.0 Å². The first-order valence-electron chi connectivity index (χ1n) is 10.9. The second kappa shape index (κ2) is 9.82. The number of phenolic OH excluding ortho intramolecular Hbond substituents is 1. The molecule has 0 saturated heterocycles. The minimum absolute atomic E-state index is 0.0434. The lowest BCUT2D eigenvalue weighted by Gasteiger charge is -2.25. The minimum atomic E-state index is -0.651. The Bertz CT molecular complexity index is 1230. The van der Waals surface area contributed by atoms with Crippen LogP contribution in [-0.4, -0.2) is 44.2 Å². The summed E-state index contributed by atoms with van der Waals surface area (Å²) in [4.78, 5) is 38.2. The number of benzene rings is 2. The summed E-state index contributed by atoms with van der Waals surface area (Å²) in [5.41, 5.74) is 3.58. The van der Waals surface area contributed by atoms with Crippen molar-refractivity contribution in [1.82, 2.24) is 15.0 Å². The third-order valence-corrected chi connectivity index (χ3v) is 4.84. The zero-order valence-corrected chi connectivity index (χ0v) is 19.9. The second-order valence-electron chi connectivity index (χ2n) is 9.08. The van der Waals surface area contributed by atoms with E-state index in [1.54, 1.807) is 53.0 Å². The quantitative estimate of drug-likeness (QED) is 0.431. The lowest BCUT2D eigenvalue weighted by Crippen LogP contribution is -2.49. The predicted molar refractivity (Wildman–Crippen MR) is 130 cm³/mol. The van der Waals surface area contributed by atoms with Crippen molar-refractivity contribution in [3.05, 3.63) is 71.9 Å². The van der Waals surface area contributed by atoms with Gasteiger partial charge in [0.2, 0.25) is 0 Å². The van der Waals surface area contributed by atoms with Crippen LogP contribution in [0.4, 0.5) is 4.79 Å². The molecule has 0 fully saturated rings. The van der Waals surface area contributed by atoms with Gasteiger partial charge in [-0.15, -0.1) is 0 Å². The SMILES string of the molecule is CC(C)N(NC(=O)c1ccc(O)cc1)C(=O)C=Cc1cn(C(=O)OC(C)(C)C)c2ccccc12. The van der Waals surface area contributed by atoms with Gasteiger partial charge in [0.1, 0.15) is 11.4 Å². The van der Waals surface area contributed by atoms with E-state index in [4.69, 9.17) is 4.74 Å². The molecule has 1 heterocycles. The molecule has 8 nitrogen and oxygen atoms in total. The molecule has 0 unspecified atom stereocenters.